The van der Waals surface area contributed by atoms with Crippen molar-refractivity contribution in [2.75, 3.05) is 35.7 Å². The number of carbonyl (C=O) groups excluding carboxylic acids is 4. The van der Waals surface area contributed by atoms with Crippen molar-refractivity contribution in [1.82, 2.24) is 40.9 Å². The van der Waals surface area contributed by atoms with Gasteiger partial charge < -0.3 is 41.7 Å². The smallest absolute Gasteiger partial charge is 0.543 e. The molecule has 1 aromatic heterocycles. The molecule has 1 unspecified atom stereocenters. The second kappa shape index (κ2) is 16.2. The van der Waals surface area contributed by atoms with E-state index in [0.717, 1.165) is 15.3 Å². The van der Waals surface area contributed by atoms with Crippen molar-refractivity contribution in [1.29, 1.82) is 0 Å². The maximum Gasteiger partial charge on any atom is 1.00 e. The van der Waals surface area contributed by atoms with Crippen LogP contribution in [0.2, 0.25) is 0 Å². The number of phenolic OH excluding ortho intramolecular Hbond substituents is 1. The van der Waals surface area contributed by atoms with Crippen molar-refractivity contribution in [3.05, 3.63) is 68.1 Å². The van der Waals surface area contributed by atoms with Crippen LogP contribution in [0.15, 0.2) is 57.0 Å². The van der Waals surface area contributed by atoms with Crippen LogP contribution in [0.1, 0.15) is 18.5 Å². The van der Waals surface area contributed by atoms with Crippen molar-refractivity contribution in [3.8, 4) is 5.75 Å². The number of hydrogen-bond donors (Lipinski definition) is 8. The molecular weight excluding hydrogens is 684 g/mol. The van der Waals surface area contributed by atoms with Gasteiger partial charge in [0.25, 0.3) is 11.5 Å². The first-order chi connectivity index (χ1) is 22.1. The molecular formula is C26H29N10NaO7S3. The Kier molecular flexibility index (Phi) is 12.5. The molecule has 3 atom stereocenters. The average molecular weight is 713 g/mol. The van der Waals surface area contributed by atoms with Crippen molar-refractivity contribution >= 4 is 70.9 Å². The third-order valence-electron chi connectivity index (χ3n) is 6.77. The zero-order valence-electron chi connectivity index (χ0n) is 25.3. The number of nitrogens with one attached hydrogen (secondary N) is 7. The van der Waals surface area contributed by atoms with E-state index in [4.69, 9.17) is 0 Å². The zero-order chi connectivity index (χ0) is 33.0. The number of carbonyl (C=O) groups is 4. The maximum absolute atomic E-state index is 13.6. The second-order valence-electron chi connectivity index (χ2n) is 9.75. The molecule has 8 N–H and O–H groups in total. The number of benzene rings is 1. The number of fused-ring (bicyclic) bond motifs is 1. The molecule has 1 aromatic carbocycles. The van der Waals surface area contributed by atoms with Crippen LogP contribution in [-0.2, 0) is 14.4 Å². The molecule has 4 heterocycles. The van der Waals surface area contributed by atoms with Gasteiger partial charge in [0.15, 0.2) is 0 Å². The number of aliphatic carboxylic acids is 1. The molecule has 2 aromatic rings. The number of nitrogens with zero attached hydrogens (tertiary/aromatic N) is 3. The summed E-state index contributed by atoms with van der Waals surface area (Å²) < 4.78 is 2.55. The summed E-state index contributed by atoms with van der Waals surface area (Å²) in [4.78, 5) is 71.9. The van der Waals surface area contributed by atoms with Gasteiger partial charge >= 0.3 is 35.6 Å². The number of hydrogen-bond acceptors (Lipinski definition) is 15. The van der Waals surface area contributed by atoms with Gasteiger partial charge in [-0.3, -0.25) is 24.3 Å². The molecule has 3 aliphatic rings. The first-order valence-corrected chi connectivity index (χ1v) is 16.5. The van der Waals surface area contributed by atoms with Crippen LogP contribution < -0.4 is 72.3 Å². The molecule has 3 aliphatic heterocycles. The minimum atomic E-state index is -1.50. The Morgan fingerprint density at radius 2 is 1.98 bits per heavy atom. The van der Waals surface area contributed by atoms with Crippen molar-refractivity contribution in [3.63, 3.8) is 0 Å². The molecule has 47 heavy (non-hydrogen) atoms. The maximum atomic E-state index is 13.6. The molecule has 1 saturated heterocycles. The van der Waals surface area contributed by atoms with E-state index in [2.05, 4.69) is 42.1 Å². The van der Waals surface area contributed by atoms with E-state index in [1.807, 2.05) is 6.92 Å². The number of rotatable bonds is 12. The van der Waals surface area contributed by atoms with E-state index >= 15 is 0 Å². The van der Waals surface area contributed by atoms with E-state index in [-0.39, 0.29) is 64.0 Å². The molecule has 21 heteroatoms. The largest absolute Gasteiger partial charge is 1.00 e. The predicted molar refractivity (Wildman–Crippen MR) is 171 cm³/mol. The summed E-state index contributed by atoms with van der Waals surface area (Å²) in [5, 5.41) is 31.5. The fourth-order valence-corrected chi connectivity index (χ4v) is 7.87. The number of amides is 4. The Morgan fingerprint density at radius 1 is 1.23 bits per heavy atom. The molecule has 0 saturated carbocycles. The molecule has 0 spiro atoms. The SMILES string of the molecule is CCNc1ncc(NC(=O)N[C@@H](C(=O)NC2C(=O)N3C(C(=O)[O-])=C(CSC4=CNN(NC)S4)CS[C@H]23)c2ccc(O)cc2)c(=O)[nH]1.[Na+]. The standard InChI is InChI=1S/C26H30N10O7S3.Na/c1-3-28-25-29-8-15(20(38)34-25)31-26(43)33-17(12-4-6-14(37)7-5-12)21(39)32-18-22(40)35-19(24(41)42)13(11-45-23(18)35)10-44-16-9-30-36(27-2)46-16;/h4-9,17-18,23,27,30,37H,3,10-11H2,1-2H3,(H,32,39)(H,41,42)(H2,31,33,43)(H2,28,29,34,38);/q;+1/p-1/t17-,18?,23-;/m1./s1. The fraction of sp³-hybridized carbons (Fsp3) is 0.308. The number of carboxylic acids is 1. The van der Waals surface area contributed by atoms with Gasteiger partial charge in [0, 0.05) is 43.2 Å². The number of hydrazine groups is 2. The molecule has 4 amide bonds. The van der Waals surface area contributed by atoms with Gasteiger partial charge in [0.2, 0.25) is 11.9 Å². The normalized spacial score (nSPS) is 19.3. The zero-order valence-corrected chi connectivity index (χ0v) is 29.7. The van der Waals surface area contributed by atoms with E-state index in [9.17, 15) is 34.2 Å². The van der Waals surface area contributed by atoms with Gasteiger partial charge in [-0.1, -0.05) is 16.7 Å². The van der Waals surface area contributed by atoms with Crippen LogP contribution in [-0.4, -0.2) is 84.8 Å². The number of urea groups is 1. The Hall–Kier alpha value is -3.37. The number of aromatic hydroxyl groups is 1. The van der Waals surface area contributed by atoms with Crippen LogP contribution in [0.4, 0.5) is 16.4 Å². The van der Waals surface area contributed by atoms with E-state index in [1.54, 1.807) is 17.8 Å². The van der Waals surface area contributed by atoms with E-state index in [1.165, 1.54) is 59.7 Å². The van der Waals surface area contributed by atoms with Gasteiger partial charge in [-0.25, -0.2) is 15.2 Å². The number of β-lactam (4-membered cyclic amide) rings is 1. The quantitative estimate of drug-likeness (QED) is 0.0601. The molecule has 0 bridgehead atoms. The summed E-state index contributed by atoms with van der Waals surface area (Å²) >= 11 is 4.08. The minimum absolute atomic E-state index is 0. The van der Waals surface area contributed by atoms with Crippen LogP contribution in [0.5, 0.6) is 5.75 Å². The Morgan fingerprint density at radius 3 is 2.62 bits per heavy atom. The van der Waals surface area contributed by atoms with Crippen LogP contribution in [0.3, 0.4) is 0 Å². The third kappa shape index (κ3) is 8.38. The van der Waals surface area contributed by atoms with E-state index < -0.39 is 46.8 Å². The van der Waals surface area contributed by atoms with Gasteiger partial charge in [-0.05, 0) is 30.2 Å². The fourth-order valence-electron chi connectivity index (χ4n) is 4.61. The Balaban J connectivity index is 0.00000500. The van der Waals surface area contributed by atoms with Crippen LogP contribution in [0.25, 0.3) is 0 Å². The molecule has 0 aliphatic carbocycles. The van der Waals surface area contributed by atoms with E-state index in [0.29, 0.717) is 17.9 Å². The van der Waals surface area contributed by atoms with Crippen molar-refractivity contribution in [2.24, 2.45) is 0 Å². The van der Waals surface area contributed by atoms with Crippen LogP contribution >= 0.6 is 35.5 Å². The number of thioether (sulfide) groups is 2. The summed E-state index contributed by atoms with van der Waals surface area (Å²) in [5.41, 5.74) is 5.63. The molecule has 244 valence electrons. The minimum Gasteiger partial charge on any atom is -0.543 e. The molecule has 0 radical (unpaired) electrons. The molecule has 5 rings (SSSR count). The Bertz CT molecular complexity index is 1660. The van der Waals surface area contributed by atoms with Gasteiger partial charge in [0.05, 0.1) is 22.1 Å². The summed E-state index contributed by atoms with van der Waals surface area (Å²) in [7, 11) is 1.74. The summed E-state index contributed by atoms with van der Waals surface area (Å²) in [6.07, 6.45) is 2.92. The monoisotopic (exact) mass is 712 g/mol. The predicted octanol–water partition coefficient (Wildman–Crippen LogP) is -3.69. The first kappa shape index (κ1) is 36.5. The third-order valence-corrected chi connectivity index (χ3v) is 10.3. The topological polar surface area (TPSA) is 236 Å². The molecule has 1 fully saturated rings. The van der Waals surface area contributed by atoms with Crippen molar-refractivity contribution in [2.45, 2.75) is 24.4 Å². The number of anilines is 2. The van der Waals surface area contributed by atoms with Gasteiger partial charge in [0.1, 0.15) is 28.9 Å². The van der Waals surface area contributed by atoms with Gasteiger partial charge in [-0.15, -0.1) is 23.5 Å². The number of H-pyrrole nitrogens is 1. The van der Waals surface area contributed by atoms with Crippen molar-refractivity contribution < 1.29 is 58.9 Å². The summed E-state index contributed by atoms with van der Waals surface area (Å²) in [5.74, 6) is -2.19. The summed E-state index contributed by atoms with van der Waals surface area (Å²) in [6, 6.07) is 2.09. The number of aromatic nitrogens is 2. The number of aromatic amines is 1. The first-order valence-electron chi connectivity index (χ1n) is 13.7. The van der Waals surface area contributed by atoms with Crippen LogP contribution in [0, 0.1) is 0 Å². The summed E-state index contributed by atoms with van der Waals surface area (Å²) in [6.45, 7) is 2.33. The molecule has 17 nitrogen and oxygen atoms in total. The second-order valence-corrected chi connectivity index (χ2v) is 13.1. The number of phenols is 1. The number of carboxylic acid groups (broad SMARTS) is 1. The average Bonchev–Trinajstić information content (AvgIpc) is 3.51. The van der Waals surface area contributed by atoms with Gasteiger partial charge in [-0.2, -0.15) is 0 Å². The Labute approximate surface area is 302 Å².